The molecule has 2 heterocycles. The summed E-state index contributed by atoms with van der Waals surface area (Å²) in [4.78, 5) is 7.33. The second-order valence-corrected chi connectivity index (χ2v) is 8.55. The fraction of sp³-hybridized carbons (Fsp3) is 0.588. The van der Waals surface area contributed by atoms with Crippen LogP contribution in [0.25, 0.3) is 0 Å². The summed E-state index contributed by atoms with van der Waals surface area (Å²) in [6, 6.07) is 7.69. The fourth-order valence-electron chi connectivity index (χ4n) is 3.72. The molecule has 0 spiro atoms. The zero-order valence-corrected chi connectivity index (χ0v) is 14.9. The molecule has 3 N–H and O–H groups in total. The average Bonchev–Trinajstić information content (AvgIpc) is 3.13. The molecule has 3 rings (SSSR count). The van der Waals surface area contributed by atoms with Gasteiger partial charge in [-0.1, -0.05) is 25.1 Å². The van der Waals surface area contributed by atoms with E-state index in [-0.39, 0.29) is 11.7 Å². The molecule has 132 valence electrons. The number of rotatable bonds is 5. The normalized spacial score (nSPS) is 26.5. The van der Waals surface area contributed by atoms with Gasteiger partial charge in [-0.05, 0) is 37.6 Å². The quantitative estimate of drug-likeness (QED) is 0.610. The lowest BCUT2D eigenvalue weighted by Crippen LogP contribution is -2.37. The second kappa shape index (κ2) is 7.11. The number of hydrogen-bond donors (Lipinski definition) is 2. The number of benzene rings is 1. The average molecular weight is 350 g/mol. The van der Waals surface area contributed by atoms with Crippen LogP contribution in [0.3, 0.4) is 0 Å². The van der Waals surface area contributed by atoms with Gasteiger partial charge in [0.2, 0.25) is 0 Å². The van der Waals surface area contributed by atoms with E-state index in [4.69, 9.17) is 5.73 Å². The van der Waals surface area contributed by atoms with Crippen molar-refractivity contribution in [3.05, 3.63) is 29.8 Å². The van der Waals surface area contributed by atoms with E-state index in [1.54, 1.807) is 12.1 Å². The van der Waals surface area contributed by atoms with Crippen molar-refractivity contribution in [1.29, 1.82) is 0 Å². The van der Waals surface area contributed by atoms with Gasteiger partial charge in [-0.25, -0.2) is 8.42 Å². The maximum absolute atomic E-state index is 12.2. The number of nitrogens with zero attached hydrogens (tertiary/aromatic N) is 2. The number of hydrogen-bond acceptors (Lipinski definition) is 4. The van der Waals surface area contributed by atoms with Crippen LogP contribution < -0.4 is 11.1 Å². The molecule has 1 aromatic rings. The van der Waals surface area contributed by atoms with Gasteiger partial charge in [0.25, 0.3) is 0 Å². The van der Waals surface area contributed by atoms with Crippen molar-refractivity contribution >= 4 is 15.8 Å². The van der Waals surface area contributed by atoms with Crippen LogP contribution in [-0.4, -0.2) is 57.3 Å². The minimum Gasteiger partial charge on any atom is -0.370 e. The van der Waals surface area contributed by atoms with Crippen LogP contribution in [0.1, 0.15) is 31.2 Å². The van der Waals surface area contributed by atoms with E-state index in [1.807, 2.05) is 12.1 Å². The number of sulfone groups is 1. The maximum atomic E-state index is 12.2. The van der Waals surface area contributed by atoms with Gasteiger partial charge in [-0.3, -0.25) is 9.89 Å². The Labute approximate surface area is 144 Å². The highest BCUT2D eigenvalue weighted by atomic mass is 32.2. The lowest BCUT2D eigenvalue weighted by Gasteiger charge is -2.21. The van der Waals surface area contributed by atoms with E-state index in [0.29, 0.717) is 30.0 Å². The van der Waals surface area contributed by atoms with Gasteiger partial charge in [-0.15, -0.1) is 0 Å². The Balaban J connectivity index is 1.57. The van der Waals surface area contributed by atoms with Gasteiger partial charge in [0.15, 0.2) is 15.8 Å². The lowest BCUT2D eigenvalue weighted by molar-refractivity contribution is 0.273. The number of fused-ring (bicyclic) bond motifs is 1. The van der Waals surface area contributed by atoms with Crippen LogP contribution in [-0.2, 0) is 9.84 Å². The molecule has 2 atom stereocenters. The summed E-state index contributed by atoms with van der Waals surface area (Å²) >= 11 is 0. The topological polar surface area (TPSA) is 87.8 Å². The number of guanidine groups is 1. The Morgan fingerprint density at radius 2 is 2.21 bits per heavy atom. The van der Waals surface area contributed by atoms with Crippen molar-refractivity contribution in [3.8, 4) is 0 Å². The van der Waals surface area contributed by atoms with Gasteiger partial charge in [0.1, 0.15) is 0 Å². The molecule has 0 amide bonds. The molecule has 1 fully saturated rings. The summed E-state index contributed by atoms with van der Waals surface area (Å²) in [5.41, 5.74) is 6.86. The third-order valence-electron chi connectivity index (χ3n) is 5.02. The van der Waals surface area contributed by atoms with Gasteiger partial charge in [0.05, 0.1) is 17.2 Å². The van der Waals surface area contributed by atoms with E-state index in [2.05, 4.69) is 22.1 Å². The zero-order chi connectivity index (χ0) is 17.2. The summed E-state index contributed by atoms with van der Waals surface area (Å²) in [7, 11) is -3.17. The highest BCUT2D eigenvalue weighted by Gasteiger charge is 2.34. The molecule has 0 radical (unpaired) electrons. The highest BCUT2D eigenvalue weighted by Crippen LogP contribution is 2.34. The first-order valence-corrected chi connectivity index (χ1v) is 10.3. The van der Waals surface area contributed by atoms with Crippen LogP contribution in [0.4, 0.5) is 0 Å². The molecule has 0 bridgehead atoms. The number of nitrogens with one attached hydrogen (secondary N) is 1. The maximum Gasteiger partial charge on any atom is 0.188 e. The molecule has 0 aliphatic carbocycles. The number of likely N-dealkylation sites (N-methyl/N-ethyl adjacent to an activating group) is 1. The predicted molar refractivity (Wildman–Crippen MR) is 96.0 cm³/mol. The van der Waals surface area contributed by atoms with Crippen LogP contribution in [0.2, 0.25) is 0 Å². The van der Waals surface area contributed by atoms with E-state index >= 15 is 0 Å². The monoisotopic (exact) mass is 350 g/mol. The molecule has 2 aliphatic heterocycles. The molecule has 6 nitrogen and oxygen atoms in total. The van der Waals surface area contributed by atoms with Crippen LogP contribution in [0.5, 0.6) is 0 Å². The lowest BCUT2D eigenvalue weighted by atomic mass is 10.0. The predicted octanol–water partition coefficient (Wildman–Crippen LogP) is 0.946. The first kappa shape index (κ1) is 17.2. The van der Waals surface area contributed by atoms with Gasteiger partial charge >= 0.3 is 0 Å². The smallest absolute Gasteiger partial charge is 0.188 e. The minimum absolute atomic E-state index is 0.0708. The van der Waals surface area contributed by atoms with Crippen LogP contribution >= 0.6 is 0 Å². The zero-order valence-electron chi connectivity index (χ0n) is 14.1. The molecule has 7 heteroatoms. The third kappa shape index (κ3) is 3.57. The summed E-state index contributed by atoms with van der Waals surface area (Å²) < 4.78 is 24.4. The molecule has 0 aromatic heterocycles. The van der Waals surface area contributed by atoms with Gasteiger partial charge in [-0.2, -0.15) is 0 Å². The SMILES string of the molecule is CCN1CCCC1CN=C(N)NCC1CS(=O)(=O)c2ccccc21. The molecular formula is C17H26N4O2S. The van der Waals surface area contributed by atoms with Crippen molar-refractivity contribution in [2.24, 2.45) is 10.7 Å². The van der Waals surface area contributed by atoms with Crippen LogP contribution in [0.15, 0.2) is 34.2 Å². The van der Waals surface area contributed by atoms with Crippen molar-refractivity contribution < 1.29 is 8.42 Å². The van der Waals surface area contributed by atoms with E-state index in [9.17, 15) is 8.42 Å². The molecule has 1 saturated heterocycles. The Morgan fingerprint density at radius 3 is 3.00 bits per heavy atom. The molecule has 24 heavy (non-hydrogen) atoms. The number of likely N-dealkylation sites (tertiary alicyclic amines) is 1. The van der Waals surface area contributed by atoms with Crippen molar-refractivity contribution in [2.75, 3.05) is 31.9 Å². The number of nitrogens with two attached hydrogens (primary N) is 1. The summed E-state index contributed by atoms with van der Waals surface area (Å²) in [6.07, 6.45) is 2.39. The van der Waals surface area contributed by atoms with Crippen molar-refractivity contribution in [1.82, 2.24) is 10.2 Å². The Morgan fingerprint density at radius 1 is 1.42 bits per heavy atom. The largest absolute Gasteiger partial charge is 0.370 e. The van der Waals surface area contributed by atoms with Crippen LogP contribution in [0, 0.1) is 0 Å². The summed E-state index contributed by atoms with van der Waals surface area (Å²) in [6.45, 7) is 5.55. The molecule has 1 aromatic carbocycles. The molecule has 0 saturated carbocycles. The van der Waals surface area contributed by atoms with Gasteiger partial charge < -0.3 is 11.1 Å². The highest BCUT2D eigenvalue weighted by molar-refractivity contribution is 7.91. The summed E-state index contributed by atoms with van der Waals surface area (Å²) in [5.74, 6) is 0.470. The Kier molecular flexibility index (Phi) is 5.10. The fourth-order valence-corrected chi connectivity index (χ4v) is 5.61. The Bertz CT molecular complexity index is 717. The molecular weight excluding hydrogens is 324 g/mol. The Hall–Kier alpha value is -1.60. The van der Waals surface area contributed by atoms with E-state index in [1.165, 1.54) is 12.8 Å². The first-order valence-electron chi connectivity index (χ1n) is 8.60. The van der Waals surface area contributed by atoms with Gasteiger partial charge in [0, 0.05) is 18.5 Å². The molecule has 2 aliphatic rings. The minimum atomic E-state index is -3.17. The second-order valence-electron chi connectivity index (χ2n) is 6.55. The first-order chi connectivity index (χ1) is 11.5. The molecule has 2 unspecified atom stereocenters. The van der Waals surface area contributed by atoms with Crippen molar-refractivity contribution in [3.63, 3.8) is 0 Å². The number of aliphatic imine (C=N–C) groups is 1. The standard InChI is InChI=1S/C17H26N4O2S/c1-2-21-9-5-6-14(21)11-20-17(18)19-10-13-12-24(22,23)16-8-4-3-7-15(13)16/h3-4,7-8,13-14H,2,5-6,9-12H2,1H3,(H3,18,19,20). The van der Waals surface area contributed by atoms with Crippen molar-refractivity contribution in [2.45, 2.75) is 36.6 Å². The third-order valence-corrected chi connectivity index (χ3v) is 6.90. The summed E-state index contributed by atoms with van der Waals surface area (Å²) in [5, 5.41) is 3.10. The van der Waals surface area contributed by atoms with E-state index in [0.717, 1.165) is 18.7 Å². The van der Waals surface area contributed by atoms with E-state index < -0.39 is 9.84 Å².